The zero-order valence-electron chi connectivity index (χ0n) is 21.9. The van der Waals surface area contributed by atoms with E-state index in [0.29, 0.717) is 33.6 Å². The lowest BCUT2D eigenvalue weighted by atomic mass is 10.1. The third-order valence-electron chi connectivity index (χ3n) is 6.10. The highest BCUT2D eigenvalue weighted by atomic mass is 35.5. The van der Waals surface area contributed by atoms with E-state index in [1.165, 1.54) is 36.3 Å². The molecule has 0 radical (unpaired) electrons. The Bertz CT molecular complexity index is 1370. The summed E-state index contributed by atoms with van der Waals surface area (Å²) in [4.78, 5) is 28.3. The topological polar surface area (TPSA) is 96.0 Å². The van der Waals surface area contributed by atoms with Crippen LogP contribution in [0.15, 0.2) is 77.7 Å². The Balaban J connectivity index is 2.07. The number of anilines is 1. The van der Waals surface area contributed by atoms with Crippen molar-refractivity contribution in [1.29, 1.82) is 0 Å². The number of hydrogen-bond donors (Lipinski definition) is 1. The lowest BCUT2D eigenvalue weighted by Gasteiger charge is -2.33. The zero-order valence-corrected chi connectivity index (χ0v) is 24.3. The zero-order chi connectivity index (χ0) is 28.6. The summed E-state index contributed by atoms with van der Waals surface area (Å²) in [5, 5.41) is 3.42. The number of rotatable bonds is 12. The number of amides is 2. The van der Waals surface area contributed by atoms with Crippen LogP contribution in [0.3, 0.4) is 0 Å². The SMILES string of the molecule is CCNC(=O)[C@@H](CC)N(Cc1c(Cl)cccc1Cl)C(=O)CN(c1ccccc1)S(=O)(=O)c1ccc(OC)cc1. The number of likely N-dealkylation sites (N-methyl/N-ethyl adjacent to an activating group) is 1. The number of methoxy groups -OCH3 is 1. The summed E-state index contributed by atoms with van der Waals surface area (Å²) in [5.74, 6) is -0.461. The van der Waals surface area contributed by atoms with Gasteiger partial charge in [-0.3, -0.25) is 13.9 Å². The van der Waals surface area contributed by atoms with Crippen molar-refractivity contribution >= 4 is 50.7 Å². The minimum Gasteiger partial charge on any atom is -0.497 e. The molecule has 1 N–H and O–H groups in total. The summed E-state index contributed by atoms with van der Waals surface area (Å²) < 4.78 is 33.8. The van der Waals surface area contributed by atoms with Gasteiger partial charge in [-0.15, -0.1) is 0 Å². The quantitative estimate of drug-likeness (QED) is 0.314. The number of hydrogen-bond acceptors (Lipinski definition) is 5. The van der Waals surface area contributed by atoms with Gasteiger partial charge in [-0.1, -0.05) is 54.4 Å². The average Bonchev–Trinajstić information content (AvgIpc) is 2.93. The van der Waals surface area contributed by atoms with Gasteiger partial charge in [-0.2, -0.15) is 0 Å². The fourth-order valence-electron chi connectivity index (χ4n) is 4.06. The lowest BCUT2D eigenvalue weighted by Crippen LogP contribution is -2.52. The first-order valence-corrected chi connectivity index (χ1v) is 14.6. The van der Waals surface area contributed by atoms with E-state index in [1.54, 1.807) is 62.4 Å². The maximum absolute atomic E-state index is 14.0. The van der Waals surface area contributed by atoms with Gasteiger partial charge in [-0.25, -0.2) is 8.42 Å². The van der Waals surface area contributed by atoms with Crippen LogP contribution < -0.4 is 14.4 Å². The van der Waals surface area contributed by atoms with Crippen LogP contribution in [0, 0.1) is 0 Å². The molecule has 0 aromatic heterocycles. The van der Waals surface area contributed by atoms with Crippen LogP contribution in [0.25, 0.3) is 0 Å². The summed E-state index contributed by atoms with van der Waals surface area (Å²) in [6.45, 7) is 3.28. The van der Waals surface area contributed by atoms with Crippen molar-refractivity contribution in [3.8, 4) is 5.75 Å². The number of carbonyl (C=O) groups excluding carboxylic acids is 2. The number of nitrogens with zero attached hydrogens (tertiary/aromatic N) is 2. The minimum absolute atomic E-state index is 0.0172. The van der Waals surface area contributed by atoms with Crippen LogP contribution in [0.2, 0.25) is 10.0 Å². The molecule has 0 aliphatic carbocycles. The molecule has 1 atom stereocenters. The molecule has 2 amide bonds. The van der Waals surface area contributed by atoms with Gasteiger partial charge >= 0.3 is 0 Å². The third-order valence-corrected chi connectivity index (χ3v) is 8.59. The second-order valence-corrected chi connectivity index (χ2v) is 11.2. The van der Waals surface area contributed by atoms with Crippen molar-refractivity contribution in [1.82, 2.24) is 10.2 Å². The maximum atomic E-state index is 14.0. The van der Waals surface area contributed by atoms with Crippen molar-refractivity contribution in [3.05, 3.63) is 88.4 Å². The summed E-state index contributed by atoms with van der Waals surface area (Å²) in [7, 11) is -2.70. The summed E-state index contributed by atoms with van der Waals surface area (Å²) in [6.07, 6.45) is 0.288. The van der Waals surface area contributed by atoms with Gasteiger partial charge < -0.3 is 15.0 Å². The van der Waals surface area contributed by atoms with E-state index in [9.17, 15) is 18.0 Å². The van der Waals surface area contributed by atoms with Crippen molar-refractivity contribution in [2.45, 2.75) is 37.8 Å². The predicted molar refractivity (Wildman–Crippen MR) is 154 cm³/mol. The van der Waals surface area contributed by atoms with E-state index >= 15 is 0 Å². The standard InChI is InChI=1S/C28H31Cl2N3O5S/c1-4-26(28(35)31-5-2)32(18-23-24(29)12-9-13-25(23)30)27(34)19-33(20-10-7-6-8-11-20)39(36,37)22-16-14-21(38-3)15-17-22/h6-17,26H,4-5,18-19H2,1-3H3,(H,31,35)/t26-/m1/s1. The van der Waals surface area contributed by atoms with Gasteiger partial charge in [-0.05, 0) is 61.9 Å². The van der Waals surface area contributed by atoms with E-state index in [0.717, 1.165) is 4.31 Å². The van der Waals surface area contributed by atoms with Crippen LogP contribution in [-0.4, -0.2) is 51.4 Å². The van der Waals surface area contributed by atoms with Crippen molar-refractivity contribution < 1.29 is 22.7 Å². The first-order chi connectivity index (χ1) is 18.6. The highest BCUT2D eigenvalue weighted by Crippen LogP contribution is 2.29. The van der Waals surface area contributed by atoms with Crippen LogP contribution in [0.5, 0.6) is 5.75 Å². The molecule has 0 bridgehead atoms. The minimum atomic E-state index is -4.18. The second-order valence-electron chi connectivity index (χ2n) is 8.56. The first-order valence-electron chi connectivity index (χ1n) is 12.4. The normalized spacial score (nSPS) is 11.9. The van der Waals surface area contributed by atoms with Crippen LogP contribution >= 0.6 is 23.2 Å². The average molecular weight is 593 g/mol. The molecule has 8 nitrogen and oxygen atoms in total. The largest absolute Gasteiger partial charge is 0.497 e. The molecular formula is C28H31Cl2N3O5S. The number of nitrogens with one attached hydrogen (secondary N) is 1. The Labute approximate surface area is 239 Å². The molecule has 11 heteroatoms. The molecule has 0 saturated carbocycles. The molecule has 3 aromatic carbocycles. The second kappa shape index (κ2) is 13.7. The highest BCUT2D eigenvalue weighted by molar-refractivity contribution is 7.92. The van der Waals surface area contributed by atoms with Gasteiger partial charge in [0.1, 0.15) is 18.3 Å². The fourth-order valence-corrected chi connectivity index (χ4v) is 5.99. The number of ether oxygens (including phenoxy) is 1. The summed E-state index contributed by atoms with van der Waals surface area (Å²) in [5.41, 5.74) is 0.754. The van der Waals surface area contributed by atoms with Gasteiger partial charge in [0.2, 0.25) is 11.8 Å². The Morgan fingerprint density at radius 1 is 0.923 bits per heavy atom. The predicted octanol–water partition coefficient (Wildman–Crippen LogP) is 5.14. The van der Waals surface area contributed by atoms with Crippen LogP contribution in [-0.2, 0) is 26.2 Å². The molecule has 0 spiro atoms. The Hall–Kier alpha value is -3.27. The van der Waals surface area contributed by atoms with E-state index in [2.05, 4.69) is 5.32 Å². The number of para-hydroxylation sites is 1. The van der Waals surface area contributed by atoms with E-state index in [4.69, 9.17) is 27.9 Å². The molecule has 3 aromatic rings. The molecule has 0 saturated heterocycles. The summed E-state index contributed by atoms with van der Waals surface area (Å²) >= 11 is 12.8. The number of benzene rings is 3. The number of sulfonamides is 1. The van der Waals surface area contributed by atoms with Crippen LogP contribution in [0.1, 0.15) is 25.8 Å². The van der Waals surface area contributed by atoms with E-state index in [-0.39, 0.29) is 23.8 Å². The monoisotopic (exact) mass is 591 g/mol. The van der Waals surface area contributed by atoms with E-state index in [1.807, 2.05) is 0 Å². The Kier molecular flexibility index (Phi) is 10.6. The Morgan fingerprint density at radius 2 is 1.54 bits per heavy atom. The van der Waals surface area contributed by atoms with Gasteiger partial charge in [0.25, 0.3) is 10.0 Å². The Morgan fingerprint density at radius 3 is 2.08 bits per heavy atom. The fraction of sp³-hybridized carbons (Fsp3) is 0.286. The molecule has 3 rings (SSSR count). The maximum Gasteiger partial charge on any atom is 0.264 e. The van der Waals surface area contributed by atoms with E-state index < -0.39 is 28.5 Å². The molecule has 0 heterocycles. The van der Waals surface area contributed by atoms with Crippen molar-refractivity contribution in [2.24, 2.45) is 0 Å². The summed E-state index contributed by atoms with van der Waals surface area (Å²) in [6, 6.07) is 18.3. The first kappa shape index (κ1) is 30.3. The van der Waals surface area contributed by atoms with Gasteiger partial charge in [0, 0.05) is 28.7 Å². The number of halogens is 2. The molecule has 0 aliphatic heterocycles. The highest BCUT2D eigenvalue weighted by Gasteiger charge is 2.34. The van der Waals surface area contributed by atoms with Gasteiger partial charge in [0.15, 0.2) is 0 Å². The third kappa shape index (κ3) is 7.23. The number of carbonyl (C=O) groups is 2. The van der Waals surface area contributed by atoms with Crippen LogP contribution in [0.4, 0.5) is 5.69 Å². The van der Waals surface area contributed by atoms with Crippen molar-refractivity contribution in [3.63, 3.8) is 0 Å². The smallest absolute Gasteiger partial charge is 0.264 e. The molecular weight excluding hydrogens is 561 g/mol. The lowest BCUT2D eigenvalue weighted by molar-refractivity contribution is -0.140. The van der Waals surface area contributed by atoms with Gasteiger partial charge in [0.05, 0.1) is 17.7 Å². The molecule has 0 fully saturated rings. The molecule has 0 aliphatic rings. The molecule has 0 unspecified atom stereocenters. The molecule has 39 heavy (non-hydrogen) atoms. The van der Waals surface area contributed by atoms with Crippen molar-refractivity contribution in [2.75, 3.05) is 24.5 Å². The molecule has 208 valence electrons.